The second-order valence-electron chi connectivity index (χ2n) is 1.98. The fourth-order valence-corrected chi connectivity index (χ4v) is 3.51. The van der Waals surface area contributed by atoms with E-state index in [1.54, 1.807) is 0 Å². The van der Waals surface area contributed by atoms with Gasteiger partial charge in [0.15, 0.2) is 0 Å². The number of hydrogen-bond acceptors (Lipinski definition) is 0. The van der Waals surface area contributed by atoms with Crippen molar-refractivity contribution in [2.45, 2.75) is 13.8 Å². The van der Waals surface area contributed by atoms with Gasteiger partial charge in [0, 0.05) is 0 Å². The molecule has 56 valence electrons. The Morgan fingerprint density at radius 2 is 1.44 bits per heavy atom. The molecule has 0 aliphatic rings. The molecule has 0 radical (unpaired) electrons. The molecule has 0 saturated carbocycles. The number of halogens is 4. The molecular formula is C4H7Cl4P. The summed E-state index contributed by atoms with van der Waals surface area (Å²) >= 11 is 22.1. The summed E-state index contributed by atoms with van der Waals surface area (Å²) in [5.41, 5.74) is 0.919. The molecule has 0 atom stereocenters. The van der Waals surface area contributed by atoms with Crippen LogP contribution >= 0.6 is 49.0 Å². The first-order valence-corrected chi connectivity index (χ1v) is 8.15. The van der Waals surface area contributed by atoms with E-state index >= 15 is 0 Å². The van der Waals surface area contributed by atoms with Crippen LogP contribution in [0.1, 0.15) is 13.8 Å². The predicted molar refractivity (Wildman–Crippen MR) is 49.8 cm³/mol. The van der Waals surface area contributed by atoms with Crippen LogP contribution in [0.3, 0.4) is 0 Å². The summed E-state index contributed by atoms with van der Waals surface area (Å²) in [7, 11) is 0. The van der Waals surface area contributed by atoms with Crippen LogP contribution in [0.2, 0.25) is 0 Å². The van der Waals surface area contributed by atoms with Crippen molar-refractivity contribution in [3.8, 4) is 0 Å². The van der Waals surface area contributed by atoms with Crippen LogP contribution < -0.4 is 0 Å². The van der Waals surface area contributed by atoms with Crippen LogP contribution in [0.25, 0.3) is 0 Å². The van der Waals surface area contributed by atoms with Crippen molar-refractivity contribution in [1.82, 2.24) is 0 Å². The maximum atomic E-state index is 5.53. The molecule has 0 aromatic rings. The van der Waals surface area contributed by atoms with Gasteiger partial charge in [-0.1, -0.05) is 0 Å². The Kier molecular flexibility index (Phi) is 3.16. The third-order valence-corrected chi connectivity index (χ3v) is 2.53. The molecule has 0 aromatic heterocycles. The molecule has 0 aliphatic carbocycles. The predicted octanol–water partition coefficient (Wildman–Crippen LogP) is 5.08. The van der Waals surface area contributed by atoms with Gasteiger partial charge in [0.1, 0.15) is 0 Å². The molecule has 0 bridgehead atoms. The average molecular weight is 228 g/mol. The van der Waals surface area contributed by atoms with E-state index < -0.39 is 4.01 Å². The molecule has 9 heavy (non-hydrogen) atoms. The number of rotatable bonds is 1. The van der Waals surface area contributed by atoms with Gasteiger partial charge in [-0.25, -0.2) is 0 Å². The van der Waals surface area contributed by atoms with Gasteiger partial charge < -0.3 is 0 Å². The van der Waals surface area contributed by atoms with Crippen LogP contribution in [0, 0.1) is 0 Å². The second kappa shape index (κ2) is 2.75. The van der Waals surface area contributed by atoms with Crippen LogP contribution in [-0.4, -0.2) is 0 Å². The summed E-state index contributed by atoms with van der Waals surface area (Å²) in [4.78, 5) is 0. The molecule has 0 fully saturated rings. The molecule has 0 rings (SSSR count). The fraction of sp³-hybridized carbons (Fsp3) is 0.500. The van der Waals surface area contributed by atoms with E-state index in [2.05, 4.69) is 0 Å². The minimum atomic E-state index is -3.44. The van der Waals surface area contributed by atoms with Crippen molar-refractivity contribution in [2.75, 3.05) is 0 Å². The summed E-state index contributed by atoms with van der Waals surface area (Å²) < 4.78 is -3.44. The Morgan fingerprint density at radius 1 is 1.11 bits per heavy atom. The van der Waals surface area contributed by atoms with Crippen molar-refractivity contribution >= 4 is 49.0 Å². The van der Waals surface area contributed by atoms with E-state index in [1.807, 2.05) is 13.8 Å². The zero-order chi connectivity index (χ0) is 7.73. The Morgan fingerprint density at radius 3 is 1.44 bits per heavy atom. The van der Waals surface area contributed by atoms with Gasteiger partial charge in [-0.2, -0.15) is 0 Å². The molecule has 0 unspecified atom stereocenters. The molecule has 0 saturated heterocycles. The van der Waals surface area contributed by atoms with Gasteiger partial charge in [0.25, 0.3) is 0 Å². The Labute approximate surface area is 74.2 Å². The third kappa shape index (κ3) is 9.33. The van der Waals surface area contributed by atoms with Crippen LogP contribution in [0.5, 0.6) is 0 Å². The van der Waals surface area contributed by atoms with Crippen molar-refractivity contribution in [1.29, 1.82) is 0 Å². The molecule has 0 amide bonds. The number of allylic oxidation sites excluding steroid dienone is 1. The minimum absolute atomic E-state index is 0.919. The monoisotopic (exact) mass is 226 g/mol. The maximum absolute atomic E-state index is 5.53. The molecule has 0 nitrogen and oxygen atoms in total. The summed E-state index contributed by atoms with van der Waals surface area (Å²) in [5.74, 6) is 1.48. The normalized spacial score (nSPS) is 16.0. The van der Waals surface area contributed by atoms with Crippen LogP contribution in [-0.2, 0) is 0 Å². The first-order valence-electron chi connectivity index (χ1n) is 2.22. The van der Waals surface area contributed by atoms with Crippen molar-refractivity contribution in [2.24, 2.45) is 0 Å². The SMILES string of the molecule is CC(C)=CP(Cl)(Cl)(Cl)Cl. The zero-order valence-electron chi connectivity index (χ0n) is 5.04. The van der Waals surface area contributed by atoms with E-state index in [0.717, 1.165) is 5.57 Å². The van der Waals surface area contributed by atoms with Crippen molar-refractivity contribution in [3.05, 3.63) is 11.4 Å². The molecule has 0 N–H and O–H groups in total. The summed E-state index contributed by atoms with van der Waals surface area (Å²) in [6.45, 7) is 3.66. The summed E-state index contributed by atoms with van der Waals surface area (Å²) in [6, 6.07) is 0. The summed E-state index contributed by atoms with van der Waals surface area (Å²) in [5, 5.41) is 0. The Hall–Kier alpha value is 1.33. The zero-order valence-corrected chi connectivity index (χ0v) is 8.95. The van der Waals surface area contributed by atoms with E-state index in [-0.39, 0.29) is 0 Å². The van der Waals surface area contributed by atoms with Gasteiger partial charge in [-0.15, -0.1) is 0 Å². The van der Waals surface area contributed by atoms with Crippen molar-refractivity contribution in [3.63, 3.8) is 0 Å². The Balaban J connectivity index is 4.40. The molecule has 0 spiro atoms. The molecule has 0 aromatic carbocycles. The van der Waals surface area contributed by atoms with Gasteiger partial charge in [0.2, 0.25) is 0 Å². The topological polar surface area (TPSA) is 0 Å². The van der Waals surface area contributed by atoms with E-state index in [1.165, 1.54) is 5.82 Å². The van der Waals surface area contributed by atoms with Crippen molar-refractivity contribution < 1.29 is 0 Å². The van der Waals surface area contributed by atoms with Crippen LogP contribution in [0.4, 0.5) is 0 Å². The van der Waals surface area contributed by atoms with Gasteiger partial charge in [0.05, 0.1) is 0 Å². The standard InChI is InChI=1S/C4H7Cl4P/c1-4(2)3-9(5,6,7)8/h3H,1-2H3. The average Bonchev–Trinajstić information content (AvgIpc) is 1.16. The first-order chi connectivity index (χ1) is 3.67. The summed E-state index contributed by atoms with van der Waals surface area (Å²) in [6.07, 6.45) is 0. The van der Waals surface area contributed by atoms with E-state index in [4.69, 9.17) is 45.0 Å². The molecule has 0 heterocycles. The van der Waals surface area contributed by atoms with Gasteiger partial charge >= 0.3 is 74.2 Å². The van der Waals surface area contributed by atoms with Crippen LogP contribution in [0.15, 0.2) is 11.4 Å². The molecular weight excluding hydrogens is 221 g/mol. The second-order valence-corrected chi connectivity index (χ2v) is 15.3. The quantitative estimate of drug-likeness (QED) is 0.549. The fourth-order valence-electron chi connectivity index (χ4n) is 0.390. The first kappa shape index (κ1) is 10.3. The van der Waals surface area contributed by atoms with E-state index in [0.29, 0.717) is 0 Å². The number of hydrogen-bond donors (Lipinski definition) is 0. The Bertz CT molecular complexity index is 129. The molecule has 5 heteroatoms. The van der Waals surface area contributed by atoms with Gasteiger partial charge in [-0.05, 0) is 0 Å². The van der Waals surface area contributed by atoms with Gasteiger partial charge in [-0.3, -0.25) is 0 Å². The van der Waals surface area contributed by atoms with E-state index in [9.17, 15) is 0 Å². The third-order valence-electron chi connectivity index (χ3n) is 0.453. The molecule has 0 aliphatic heterocycles.